The van der Waals surface area contributed by atoms with E-state index in [0.29, 0.717) is 6.61 Å². The van der Waals surface area contributed by atoms with Crippen molar-refractivity contribution >= 4 is 39.2 Å². The topological polar surface area (TPSA) is 36.9 Å². The van der Waals surface area contributed by atoms with Crippen molar-refractivity contribution < 1.29 is 16.8 Å². The van der Waals surface area contributed by atoms with Crippen LogP contribution in [0.1, 0.15) is 6.92 Å². The average Bonchev–Trinajstić information content (AvgIpc) is 2.54. The van der Waals surface area contributed by atoms with Crippen LogP contribution in [0.5, 0.6) is 0 Å². The fraction of sp³-hybridized carbons (Fsp3) is 0.444. The first-order chi connectivity index (χ1) is 11.9. The predicted molar refractivity (Wildman–Crippen MR) is 120 cm³/mol. The molecule has 1 aromatic rings. The van der Waals surface area contributed by atoms with Crippen molar-refractivity contribution in [1.29, 1.82) is 0 Å². The van der Waals surface area contributed by atoms with E-state index >= 15 is 0 Å². The lowest BCUT2D eigenvalue weighted by Crippen LogP contribution is -2.64. The Morgan fingerprint density at radius 3 is 1.77 bits per heavy atom. The van der Waals surface area contributed by atoms with Crippen LogP contribution in [-0.4, -0.2) is 40.6 Å². The summed E-state index contributed by atoms with van der Waals surface area (Å²) in [7, 11) is -9.86. The van der Waals surface area contributed by atoms with Crippen LogP contribution in [0.4, 0.5) is 0 Å². The molecule has 0 aliphatic rings. The van der Waals surface area contributed by atoms with E-state index in [4.69, 9.17) is 16.8 Å². The largest absolute Gasteiger partial charge is 0.478 e. The van der Waals surface area contributed by atoms with Crippen LogP contribution in [0, 0.1) is 0 Å². The fourth-order valence-electron chi connectivity index (χ4n) is 2.64. The van der Waals surface area contributed by atoms with Gasteiger partial charge in [0.05, 0.1) is 0 Å². The number of benzene rings is 1. The quantitative estimate of drug-likeness (QED) is 0.489. The summed E-state index contributed by atoms with van der Waals surface area (Å²) >= 11 is 0. The summed E-state index contributed by atoms with van der Waals surface area (Å²) in [5, 5.41) is 1.07. The molecule has 0 saturated carbocycles. The molecule has 4 nitrogen and oxygen atoms in total. The van der Waals surface area contributed by atoms with Gasteiger partial charge in [0.15, 0.2) is 8.32 Å². The Morgan fingerprint density at radius 2 is 1.31 bits per heavy atom. The van der Waals surface area contributed by atoms with Gasteiger partial charge in [-0.25, -0.2) is 0 Å². The third-order valence-electron chi connectivity index (χ3n) is 3.97. The maximum atomic E-state index is 6.71. The van der Waals surface area contributed by atoms with Crippen LogP contribution in [0.15, 0.2) is 54.9 Å². The van der Waals surface area contributed by atoms with E-state index in [1.54, 1.807) is 0 Å². The number of rotatable bonds is 11. The van der Waals surface area contributed by atoms with Crippen LogP contribution >= 0.6 is 0 Å². The first-order valence-electron chi connectivity index (χ1n) is 8.98. The second-order valence-corrected chi connectivity index (χ2v) is 21.7. The van der Waals surface area contributed by atoms with Gasteiger partial charge in [0, 0.05) is 13.2 Å². The summed E-state index contributed by atoms with van der Waals surface area (Å²) in [4.78, 5) is 0. The van der Waals surface area contributed by atoms with Crippen LogP contribution < -0.4 is 5.19 Å². The van der Waals surface area contributed by atoms with Crippen LogP contribution in [-0.2, 0) is 16.8 Å². The Kier molecular flexibility index (Phi) is 8.18. The summed E-state index contributed by atoms with van der Waals surface area (Å²) in [6.45, 7) is 22.9. The summed E-state index contributed by atoms with van der Waals surface area (Å²) < 4.78 is 25.9. The van der Waals surface area contributed by atoms with Gasteiger partial charge in [0.2, 0.25) is 8.32 Å². The van der Waals surface area contributed by atoms with Crippen molar-refractivity contribution in [1.82, 2.24) is 0 Å². The Labute approximate surface area is 163 Å². The van der Waals surface area contributed by atoms with Crippen molar-refractivity contribution in [3.05, 3.63) is 54.9 Å². The van der Waals surface area contributed by atoms with Gasteiger partial charge >= 0.3 is 17.4 Å². The van der Waals surface area contributed by atoms with Gasteiger partial charge in [-0.3, -0.25) is 0 Å². The zero-order valence-electron chi connectivity index (χ0n) is 17.3. The Hall–Kier alpha value is -0.592. The molecule has 0 aliphatic carbocycles. The van der Waals surface area contributed by atoms with E-state index in [1.165, 1.54) is 0 Å². The van der Waals surface area contributed by atoms with Crippen molar-refractivity contribution in [2.75, 3.05) is 6.61 Å². The predicted octanol–water partition coefficient (Wildman–Crippen LogP) is 4.48. The van der Waals surface area contributed by atoms with E-state index in [2.05, 4.69) is 58.0 Å². The maximum Gasteiger partial charge on any atom is 0.478 e. The summed E-state index contributed by atoms with van der Waals surface area (Å²) in [5.41, 5.74) is 3.85. The molecule has 0 bridgehead atoms. The average molecular weight is 427 g/mol. The smallest absolute Gasteiger partial charge is 0.430 e. The molecule has 8 heteroatoms. The molecular formula is C18H34O4Si4. The SMILES string of the molecule is C=C[Si](C)(C)O[Si](C)(OCC)O[Si](C)(O[Si](C)(C)C=C)c1ccccc1. The lowest BCUT2D eigenvalue weighted by Gasteiger charge is -2.41. The summed E-state index contributed by atoms with van der Waals surface area (Å²) in [6, 6.07) is 10.2. The van der Waals surface area contributed by atoms with Gasteiger partial charge in [-0.1, -0.05) is 41.7 Å². The van der Waals surface area contributed by atoms with E-state index in [9.17, 15) is 0 Å². The standard InChI is InChI=1S/C18H34O4Si4/c1-10-19-26(9,21-24(6,7)12-3)22-25(8,20-23(4,5)11-2)18-16-14-13-15-17-18/h11-17H,2-3,10H2,1,4-9H3. The molecule has 0 fully saturated rings. The van der Waals surface area contributed by atoms with Crippen molar-refractivity contribution in [2.45, 2.75) is 46.2 Å². The highest BCUT2D eigenvalue weighted by Crippen LogP contribution is 2.25. The van der Waals surface area contributed by atoms with Crippen molar-refractivity contribution in [2.24, 2.45) is 0 Å². The molecule has 146 valence electrons. The van der Waals surface area contributed by atoms with E-state index < -0.39 is 34.0 Å². The highest BCUT2D eigenvalue weighted by molar-refractivity contribution is 6.95. The Morgan fingerprint density at radius 1 is 0.808 bits per heavy atom. The molecule has 0 heterocycles. The van der Waals surface area contributed by atoms with Crippen LogP contribution in [0.3, 0.4) is 0 Å². The third kappa shape index (κ3) is 6.85. The second-order valence-electron chi connectivity index (χ2n) is 7.53. The molecule has 0 amide bonds. The Bertz CT molecular complexity index is 608. The van der Waals surface area contributed by atoms with Gasteiger partial charge in [0.1, 0.15) is 0 Å². The highest BCUT2D eigenvalue weighted by Gasteiger charge is 2.50. The highest BCUT2D eigenvalue weighted by atomic mass is 28.5. The van der Waals surface area contributed by atoms with E-state index in [1.807, 2.05) is 43.1 Å². The normalized spacial score (nSPS) is 17.2. The van der Waals surface area contributed by atoms with Gasteiger partial charge in [-0.05, 0) is 44.8 Å². The van der Waals surface area contributed by atoms with Gasteiger partial charge in [-0.15, -0.1) is 13.2 Å². The molecule has 1 aromatic carbocycles. The third-order valence-corrected chi connectivity index (χ3v) is 18.4. The van der Waals surface area contributed by atoms with Crippen molar-refractivity contribution in [3.63, 3.8) is 0 Å². The minimum absolute atomic E-state index is 0.534. The summed E-state index contributed by atoms with van der Waals surface area (Å²) in [5.74, 6) is 0. The molecule has 0 N–H and O–H groups in total. The minimum atomic E-state index is -2.92. The van der Waals surface area contributed by atoms with Crippen LogP contribution in [0.2, 0.25) is 39.3 Å². The minimum Gasteiger partial charge on any atom is -0.430 e. The zero-order chi connectivity index (χ0) is 20.1. The molecule has 1 rings (SSSR count). The van der Waals surface area contributed by atoms with Gasteiger partial charge < -0.3 is 16.8 Å². The maximum absolute atomic E-state index is 6.71. The molecule has 0 aliphatic heterocycles. The fourth-order valence-corrected chi connectivity index (χ4v) is 17.8. The number of hydrogen-bond acceptors (Lipinski definition) is 4. The van der Waals surface area contributed by atoms with E-state index in [-0.39, 0.29) is 0 Å². The molecule has 0 spiro atoms. The molecule has 2 atom stereocenters. The first kappa shape index (κ1) is 23.4. The second kappa shape index (κ2) is 9.07. The molecule has 0 radical (unpaired) electrons. The summed E-state index contributed by atoms with van der Waals surface area (Å²) in [6.07, 6.45) is 0. The molecular weight excluding hydrogens is 393 g/mol. The van der Waals surface area contributed by atoms with E-state index in [0.717, 1.165) is 5.19 Å². The Balaban J connectivity index is 3.32. The lowest BCUT2D eigenvalue weighted by molar-refractivity contribution is 0.166. The first-order valence-corrected chi connectivity index (χ1v) is 19.5. The van der Waals surface area contributed by atoms with Crippen molar-refractivity contribution in [3.8, 4) is 0 Å². The monoisotopic (exact) mass is 426 g/mol. The number of hydrogen-bond donors (Lipinski definition) is 0. The molecule has 26 heavy (non-hydrogen) atoms. The van der Waals surface area contributed by atoms with Gasteiger partial charge in [0.25, 0.3) is 0 Å². The molecule has 0 saturated heterocycles. The molecule has 2 unspecified atom stereocenters. The molecule has 0 aromatic heterocycles. The zero-order valence-corrected chi connectivity index (χ0v) is 21.3. The van der Waals surface area contributed by atoms with Crippen LogP contribution in [0.25, 0.3) is 0 Å². The van der Waals surface area contributed by atoms with Gasteiger partial charge in [-0.2, -0.15) is 0 Å². The lowest BCUT2D eigenvalue weighted by atomic mass is 10.4.